The Labute approximate surface area is 166 Å². The van der Waals surface area contributed by atoms with E-state index in [-0.39, 0.29) is 24.3 Å². The van der Waals surface area contributed by atoms with Crippen molar-refractivity contribution in [3.63, 3.8) is 0 Å². The number of nitrogens with two attached hydrogens (primary N) is 1. The van der Waals surface area contributed by atoms with Gasteiger partial charge >= 0.3 is 0 Å². The second-order valence-electron chi connectivity index (χ2n) is 7.53. The molecule has 0 saturated carbocycles. The number of nitrogens with zero attached hydrogens (tertiary/aromatic N) is 2. The van der Waals surface area contributed by atoms with Gasteiger partial charge in [-0.1, -0.05) is 26.0 Å². The molecule has 8 heteroatoms. The van der Waals surface area contributed by atoms with Crippen molar-refractivity contribution in [2.24, 2.45) is 11.7 Å². The number of benzene rings is 1. The van der Waals surface area contributed by atoms with Crippen LogP contribution < -0.4 is 16.4 Å². The van der Waals surface area contributed by atoms with Gasteiger partial charge in [0, 0.05) is 19.6 Å². The van der Waals surface area contributed by atoms with E-state index in [9.17, 15) is 14.4 Å². The standard InChI is InChI=1S/C20H31N5O3/c1-14(2)18(21)19(27)22-13-17(26)23-16-8-5-4-7-15(16)20(28)25-10-6-9-24(3)11-12-25/h4-5,7-8,14,18H,6,9-13,21H2,1-3H3,(H,22,27)(H,23,26)/t18-/m0/s1. The zero-order valence-electron chi connectivity index (χ0n) is 16.9. The van der Waals surface area contributed by atoms with Crippen LogP contribution in [0.3, 0.4) is 0 Å². The molecule has 1 aromatic rings. The van der Waals surface area contributed by atoms with E-state index in [1.54, 1.807) is 24.3 Å². The Morgan fingerprint density at radius 1 is 1.11 bits per heavy atom. The van der Waals surface area contributed by atoms with Gasteiger partial charge in [-0.3, -0.25) is 14.4 Å². The van der Waals surface area contributed by atoms with Gasteiger partial charge in [-0.15, -0.1) is 0 Å². The lowest BCUT2D eigenvalue weighted by Gasteiger charge is -2.22. The Morgan fingerprint density at radius 2 is 1.82 bits per heavy atom. The number of hydrogen-bond donors (Lipinski definition) is 3. The topological polar surface area (TPSA) is 108 Å². The summed E-state index contributed by atoms with van der Waals surface area (Å²) in [4.78, 5) is 41.1. The molecule has 3 amide bonds. The molecular formula is C20H31N5O3. The van der Waals surface area contributed by atoms with Crippen LogP contribution in [0.5, 0.6) is 0 Å². The van der Waals surface area contributed by atoms with Gasteiger partial charge in [0.15, 0.2) is 0 Å². The molecule has 28 heavy (non-hydrogen) atoms. The van der Waals surface area contributed by atoms with Crippen molar-refractivity contribution in [1.82, 2.24) is 15.1 Å². The summed E-state index contributed by atoms with van der Waals surface area (Å²) in [5, 5.41) is 5.26. The number of likely N-dealkylation sites (N-methyl/N-ethyl adjacent to an activating group) is 1. The van der Waals surface area contributed by atoms with E-state index < -0.39 is 11.9 Å². The van der Waals surface area contributed by atoms with Crippen molar-refractivity contribution in [1.29, 1.82) is 0 Å². The van der Waals surface area contributed by atoms with Crippen LogP contribution in [0.25, 0.3) is 0 Å². The van der Waals surface area contributed by atoms with Crippen LogP contribution >= 0.6 is 0 Å². The number of anilines is 1. The number of carbonyl (C=O) groups excluding carboxylic acids is 3. The Bertz CT molecular complexity index is 707. The molecular weight excluding hydrogens is 358 g/mol. The molecule has 1 heterocycles. The molecule has 8 nitrogen and oxygen atoms in total. The summed E-state index contributed by atoms with van der Waals surface area (Å²) in [6.45, 7) is 6.61. The van der Waals surface area contributed by atoms with Gasteiger partial charge in [0.1, 0.15) is 0 Å². The van der Waals surface area contributed by atoms with Gasteiger partial charge in [-0.05, 0) is 38.1 Å². The quantitative estimate of drug-likeness (QED) is 0.657. The molecule has 0 unspecified atom stereocenters. The zero-order valence-corrected chi connectivity index (χ0v) is 16.9. The van der Waals surface area contributed by atoms with Gasteiger partial charge in [0.05, 0.1) is 23.8 Å². The second-order valence-corrected chi connectivity index (χ2v) is 7.53. The SMILES string of the molecule is CC(C)[C@H](N)C(=O)NCC(=O)Nc1ccccc1C(=O)N1CCCN(C)CC1. The summed E-state index contributed by atoms with van der Waals surface area (Å²) in [7, 11) is 2.04. The zero-order chi connectivity index (χ0) is 20.7. The summed E-state index contributed by atoms with van der Waals surface area (Å²) >= 11 is 0. The fraction of sp³-hybridized carbons (Fsp3) is 0.550. The first-order valence-corrected chi connectivity index (χ1v) is 9.69. The summed E-state index contributed by atoms with van der Waals surface area (Å²) in [5.74, 6) is -0.894. The number of amides is 3. The van der Waals surface area contributed by atoms with E-state index in [0.717, 1.165) is 19.5 Å². The third kappa shape index (κ3) is 6.03. The third-order valence-corrected chi connectivity index (χ3v) is 4.88. The molecule has 1 saturated heterocycles. The minimum atomic E-state index is -0.664. The Kier molecular flexibility index (Phi) is 7.95. The van der Waals surface area contributed by atoms with Crippen molar-refractivity contribution < 1.29 is 14.4 Å². The third-order valence-electron chi connectivity index (χ3n) is 4.88. The number of rotatable bonds is 6. The van der Waals surface area contributed by atoms with E-state index in [2.05, 4.69) is 15.5 Å². The molecule has 0 radical (unpaired) electrons. The molecule has 4 N–H and O–H groups in total. The highest BCUT2D eigenvalue weighted by molar-refractivity contribution is 6.04. The van der Waals surface area contributed by atoms with E-state index in [1.807, 2.05) is 25.8 Å². The highest BCUT2D eigenvalue weighted by Crippen LogP contribution is 2.18. The average Bonchev–Trinajstić information content (AvgIpc) is 2.89. The summed E-state index contributed by atoms with van der Waals surface area (Å²) in [5.41, 5.74) is 6.66. The molecule has 0 aromatic heterocycles. The number of para-hydroxylation sites is 1. The Balaban J connectivity index is 2.00. The highest BCUT2D eigenvalue weighted by atomic mass is 16.2. The summed E-state index contributed by atoms with van der Waals surface area (Å²) in [6.07, 6.45) is 0.916. The van der Waals surface area contributed by atoms with E-state index in [1.165, 1.54) is 0 Å². The normalized spacial score (nSPS) is 16.4. The van der Waals surface area contributed by atoms with Crippen molar-refractivity contribution >= 4 is 23.4 Å². The molecule has 1 atom stereocenters. The molecule has 0 aliphatic carbocycles. The van der Waals surface area contributed by atoms with E-state index in [4.69, 9.17) is 5.73 Å². The van der Waals surface area contributed by atoms with Gasteiger partial charge in [0.2, 0.25) is 11.8 Å². The number of nitrogens with one attached hydrogen (secondary N) is 2. The highest BCUT2D eigenvalue weighted by Gasteiger charge is 2.22. The molecule has 2 rings (SSSR count). The van der Waals surface area contributed by atoms with Gasteiger partial charge in [0.25, 0.3) is 5.91 Å². The monoisotopic (exact) mass is 389 g/mol. The predicted molar refractivity (Wildman–Crippen MR) is 109 cm³/mol. The molecule has 0 bridgehead atoms. The first-order valence-electron chi connectivity index (χ1n) is 9.69. The van der Waals surface area contributed by atoms with Crippen LogP contribution in [0.1, 0.15) is 30.6 Å². The van der Waals surface area contributed by atoms with Gasteiger partial charge < -0.3 is 26.2 Å². The van der Waals surface area contributed by atoms with Crippen LogP contribution in [0.15, 0.2) is 24.3 Å². The summed E-state index contributed by atoms with van der Waals surface area (Å²) < 4.78 is 0. The first kappa shape index (κ1) is 21.8. The van der Waals surface area contributed by atoms with Crippen molar-refractivity contribution in [2.45, 2.75) is 26.3 Å². The van der Waals surface area contributed by atoms with Crippen LogP contribution in [0.2, 0.25) is 0 Å². The molecule has 1 aliphatic heterocycles. The first-order chi connectivity index (χ1) is 13.3. The molecule has 0 spiro atoms. The largest absolute Gasteiger partial charge is 0.346 e. The lowest BCUT2D eigenvalue weighted by Crippen LogP contribution is -2.46. The maximum absolute atomic E-state index is 13.0. The summed E-state index contributed by atoms with van der Waals surface area (Å²) in [6, 6.07) is 6.27. The second kappa shape index (κ2) is 10.2. The van der Waals surface area contributed by atoms with Crippen LogP contribution in [-0.4, -0.2) is 73.3 Å². The van der Waals surface area contributed by atoms with Crippen LogP contribution in [0.4, 0.5) is 5.69 Å². The van der Waals surface area contributed by atoms with Crippen molar-refractivity contribution in [2.75, 3.05) is 45.1 Å². The minimum absolute atomic E-state index is 0.0194. The maximum Gasteiger partial charge on any atom is 0.256 e. The smallest absolute Gasteiger partial charge is 0.256 e. The van der Waals surface area contributed by atoms with E-state index in [0.29, 0.717) is 24.3 Å². The Hall–Kier alpha value is -2.45. The number of hydrogen-bond acceptors (Lipinski definition) is 5. The molecule has 1 aromatic carbocycles. The Morgan fingerprint density at radius 3 is 2.54 bits per heavy atom. The van der Waals surface area contributed by atoms with Crippen molar-refractivity contribution in [3.05, 3.63) is 29.8 Å². The molecule has 154 valence electrons. The fourth-order valence-electron chi connectivity index (χ4n) is 2.98. The van der Waals surface area contributed by atoms with Gasteiger partial charge in [-0.25, -0.2) is 0 Å². The molecule has 1 fully saturated rings. The maximum atomic E-state index is 13.0. The lowest BCUT2D eigenvalue weighted by molar-refractivity contribution is -0.125. The lowest BCUT2D eigenvalue weighted by atomic mass is 10.1. The molecule has 1 aliphatic rings. The van der Waals surface area contributed by atoms with E-state index >= 15 is 0 Å². The average molecular weight is 390 g/mol. The number of carbonyl (C=O) groups is 3. The fourth-order valence-corrected chi connectivity index (χ4v) is 2.98. The van der Waals surface area contributed by atoms with Crippen LogP contribution in [-0.2, 0) is 9.59 Å². The van der Waals surface area contributed by atoms with Crippen LogP contribution in [0, 0.1) is 5.92 Å². The van der Waals surface area contributed by atoms with Gasteiger partial charge in [-0.2, -0.15) is 0 Å². The minimum Gasteiger partial charge on any atom is -0.346 e. The van der Waals surface area contributed by atoms with Crippen molar-refractivity contribution in [3.8, 4) is 0 Å². The predicted octanol–water partition coefficient (Wildman–Crippen LogP) is 0.502.